The predicted molar refractivity (Wildman–Crippen MR) is 89.3 cm³/mol. The molecule has 1 saturated heterocycles. The fourth-order valence-electron chi connectivity index (χ4n) is 2.98. The summed E-state index contributed by atoms with van der Waals surface area (Å²) in [5.41, 5.74) is 0. The van der Waals surface area contributed by atoms with Crippen molar-refractivity contribution in [3.8, 4) is 0 Å². The molecule has 1 aliphatic heterocycles. The fourth-order valence-corrected chi connectivity index (χ4v) is 2.98. The first-order valence-electron chi connectivity index (χ1n) is 8.65. The zero-order valence-electron chi connectivity index (χ0n) is 14.3. The second kappa shape index (κ2) is 10.6. The summed E-state index contributed by atoms with van der Waals surface area (Å²) in [6.45, 7) is 12.1. The summed E-state index contributed by atoms with van der Waals surface area (Å²) in [6, 6.07) is 0. The van der Waals surface area contributed by atoms with Crippen molar-refractivity contribution in [3.05, 3.63) is 0 Å². The molecule has 0 spiro atoms. The van der Waals surface area contributed by atoms with Crippen molar-refractivity contribution in [2.75, 3.05) is 53.4 Å². The van der Waals surface area contributed by atoms with Crippen LogP contribution in [0.1, 0.15) is 46.0 Å². The summed E-state index contributed by atoms with van der Waals surface area (Å²) in [7, 11) is 4.54. The lowest BCUT2D eigenvalue weighted by Crippen LogP contribution is -2.36. The van der Waals surface area contributed by atoms with Crippen LogP contribution in [0.5, 0.6) is 0 Å². The molecule has 3 heteroatoms. The van der Waals surface area contributed by atoms with Crippen LogP contribution in [-0.2, 0) is 0 Å². The van der Waals surface area contributed by atoms with Gasteiger partial charge in [0.05, 0.1) is 0 Å². The first-order valence-corrected chi connectivity index (χ1v) is 8.65. The normalized spacial score (nSPS) is 18.3. The zero-order chi connectivity index (χ0) is 14.8. The third-order valence-corrected chi connectivity index (χ3v) is 4.35. The molecule has 0 saturated carbocycles. The van der Waals surface area contributed by atoms with E-state index in [1.807, 2.05) is 0 Å². The molecule has 1 fully saturated rings. The monoisotopic (exact) mass is 283 g/mol. The Labute approximate surface area is 127 Å². The van der Waals surface area contributed by atoms with E-state index in [0.717, 1.165) is 18.4 Å². The SMILES string of the molecule is CC(C)CNCCCCCN(C)CC1CCN(C)CC1. The van der Waals surface area contributed by atoms with Crippen LogP contribution >= 0.6 is 0 Å². The van der Waals surface area contributed by atoms with Crippen LogP contribution in [0.15, 0.2) is 0 Å². The van der Waals surface area contributed by atoms with Crippen LogP contribution in [-0.4, -0.2) is 63.2 Å². The smallest absolute Gasteiger partial charge is 0.000756 e. The van der Waals surface area contributed by atoms with Gasteiger partial charge in [-0.15, -0.1) is 0 Å². The number of hydrogen-bond acceptors (Lipinski definition) is 3. The molecule has 1 N–H and O–H groups in total. The Morgan fingerprint density at radius 1 is 1.15 bits per heavy atom. The van der Waals surface area contributed by atoms with E-state index in [1.165, 1.54) is 64.8 Å². The number of likely N-dealkylation sites (tertiary alicyclic amines) is 1. The van der Waals surface area contributed by atoms with Crippen molar-refractivity contribution < 1.29 is 0 Å². The fraction of sp³-hybridized carbons (Fsp3) is 1.00. The van der Waals surface area contributed by atoms with Crippen molar-refractivity contribution in [3.63, 3.8) is 0 Å². The molecular weight excluding hydrogens is 246 g/mol. The maximum Gasteiger partial charge on any atom is 0.000756 e. The van der Waals surface area contributed by atoms with Gasteiger partial charge in [-0.25, -0.2) is 0 Å². The average Bonchev–Trinajstić information content (AvgIpc) is 2.40. The summed E-state index contributed by atoms with van der Waals surface area (Å²) < 4.78 is 0. The molecule has 20 heavy (non-hydrogen) atoms. The summed E-state index contributed by atoms with van der Waals surface area (Å²) in [4.78, 5) is 5.01. The molecule has 0 unspecified atom stereocenters. The standard InChI is InChI=1S/C17H37N3/c1-16(2)14-18-10-6-5-7-11-20(4)15-17-8-12-19(3)13-9-17/h16-18H,5-15H2,1-4H3. The van der Waals surface area contributed by atoms with E-state index in [4.69, 9.17) is 0 Å². The van der Waals surface area contributed by atoms with Crippen molar-refractivity contribution >= 4 is 0 Å². The van der Waals surface area contributed by atoms with Gasteiger partial charge < -0.3 is 15.1 Å². The lowest BCUT2D eigenvalue weighted by Gasteiger charge is -2.31. The van der Waals surface area contributed by atoms with Gasteiger partial charge in [0.15, 0.2) is 0 Å². The maximum atomic E-state index is 3.52. The molecule has 3 nitrogen and oxygen atoms in total. The van der Waals surface area contributed by atoms with Gasteiger partial charge in [0.2, 0.25) is 0 Å². The maximum absolute atomic E-state index is 3.52. The lowest BCUT2D eigenvalue weighted by atomic mass is 9.96. The highest BCUT2D eigenvalue weighted by Gasteiger charge is 2.17. The van der Waals surface area contributed by atoms with Crippen LogP contribution in [0, 0.1) is 11.8 Å². The number of hydrogen-bond donors (Lipinski definition) is 1. The first kappa shape index (κ1) is 17.9. The zero-order valence-corrected chi connectivity index (χ0v) is 14.3. The first-order chi connectivity index (χ1) is 9.58. The van der Waals surface area contributed by atoms with Crippen LogP contribution in [0.2, 0.25) is 0 Å². The molecule has 0 atom stereocenters. The second-order valence-electron chi connectivity index (χ2n) is 7.17. The Hall–Kier alpha value is -0.120. The Kier molecular flexibility index (Phi) is 9.49. The number of nitrogens with zero attached hydrogens (tertiary/aromatic N) is 2. The summed E-state index contributed by atoms with van der Waals surface area (Å²) in [6.07, 6.45) is 6.82. The number of nitrogens with one attached hydrogen (secondary N) is 1. The highest BCUT2D eigenvalue weighted by atomic mass is 15.1. The summed E-state index contributed by atoms with van der Waals surface area (Å²) >= 11 is 0. The Morgan fingerprint density at radius 2 is 1.85 bits per heavy atom. The molecule has 0 aromatic heterocycles. The Bertz CT molecular complexity index is 222. The van der Waals surface area contributed by atoms with Crippen LogP contribution in [0.4, 0.5) is 0 Å². The van der Waals surface area contributed by atoms with Gasteiger partial charge in [0, 0.05) is 6.54 Å². The molecule has 0 aromatic rings. The van der Waals surface area contributed by atoms with Gasteiger partial charge in [0.25, 0.3) is 0 Å². The Morgan fingerprint density at radius 3 is 2.50 bits per heavy atom. The van der Waals surface area contributed by atoms with Gasteiger partial charge in [-0.3, -0.25) is 0 Å². The molecular formula is C17H37N3. The van der Waals surface area contributed by atoms with Crippen molar-refractivity contribution in [2.45, 2.75) is 46.0 Å². The minimum absolute atomic E-state index is 0.774. The molecule has 0 radical (unpaired) electrons. The average molecular weight is 284 g/mol. The minimum atomic E-state index is 0.774. The lowest BCUT2D eigenvalue weighted by molar-refractivity contribution is 0.175. The van der Waals surface area contributed by atoms with Crippen molar-refractivity contribution in [1.29, 1.82) is 0 Å². The van der Waals surface area contributed by atoms with E-state index in [9.17, 15) is 0 Å². The Balaban J connectivity index is 1.91. The highest BCUT2D eigenvalue weighted by molar-refractivity contribution is 4.72. The van der Waals surface area contributed by atoms with Crippen LogP contribution in [0.25, 0.3) is 0 Å². The molecule has 0 aromatic carbocycles. The topological polar surface area (TPSA) is 18.5 Å². The summed E-state index contributed by atoms with van der Waals surface area (Å²) in [5.74, 6) is 1.71. The van der Waals surface area contributed by atoms with E-state index in [-0.39, 0.29) is 0 Å². The molecule has 1 aliphatic rings. The third-order valence-electron chi connectivity index (χ3n) is 4.35. The third kappa shape index (κ3) is 8.93. The van der Waals surface area contributed by atoms with E-state index in [2.05, 4.69) is 43.1 Å². The van der Waals surface area contributed by atoms with Gasteiger partial charge in [0.1, 0.15) is 0 Å². The minimum Gasteiger partial charge on any atom is -0.316 e. The van der Waals surface area contributed by atoms with E-state index in [0.29, 0.717) is 0 Å². The largest absolute Gasteiger partial charge is 0.316 e. The molecule has 120 valence electrons. The summed E-state index contributed by atoms with van der Waals surface area (Å²) in [5, 5.41) is 3.52. The molecule has 1 heterocycles. The van der Waals surface area contributed by atoms with Crippen LogP contribution in [0.3, 0.4) is 0 Å². The molecule has 0 aliphatic carbocycles. The van der Waals surface area contributed by atoms with E-state index < -0.39 is 0 Å². The molecule has 1 rings (SSSR count). The molecule has 0 amide bonds. The van der Waals surface area contributed by atoms with Crippen LogP contribution < -0.4 is 5.32 Å². The number of piperidine rings is 1. The van der Waals surface area contributed by atoms with Gasteiger partial charge in [-0.05, 0) is 84.3 Å². The second-order valence-corrected chi connectivity index (χ2v) is 7.17. The number of unbranched alkanes of at least 4 members (excludes halogenated alkanes) is 2. The van der Waals surface area contributed by atoms with E-state index >= 15 is 0 Å². The van der Waals surface area contributed by atoms with Gasteiger partial charge in [-0.2, -0.15) is 0 Å². The highest BCUT2D eigenvalue weighted by Crippen LogP contribution is 2.16. The molecule has 0 bridgehead atoms. The predicted octanol–water partition coefficient (Wildman–Crippen LogP) is 2.68. The quantitative estimate of drug-likeness (QED) is 0.622. The van der Waals surface area contributed by atoms with Gasteiger partial charge in [-0.1, -0.05) is 20.3 Å². The van der Waals surface area contributed by atoms with Gasteiger partial charge >= 0.3 is 0 Å². The number of rotatable bonds is 10. The van der Waals surface area contributed by atoms with Crippen molar-refractivity contribution in [1.82, 2.24) is 15.1 Å². The van der Waals surface area contributed by atoms with E-state index in [1.54, 1.807) is 0 Å². The van der Waals surface area contributed by atoms with Crippen molar-refractivity contribution in [2.24, 2.45) is 11.8 Å².